The number of hydrogen-bond acceptors (Lipinski definition) is 6. The van der Waals surface area contributed by atoms with Crippen LogP contribution in [0, 0.1) is 5.82 Å². The van der Waals surface area contributed by atoms with Crippen LogP contribution >= 0.6 is 15.9 Å². The maximum Gasteiger partial charge on any atom is 0.230 e. The number of methoxy groups -OCH3 is 1. The largest absolute Gasteiger partial charge is 0.495 e. The van der Waals surface area contributed by atoms with Crippen molar-refractivity contribution in [2.24, 2.45) is 5.73 Å². The molecule has 25 heavy (non-hydrogen) atoms. The molecule has 0 unspecified atom stereocenters. The second-order valence-electron chi connectivity index (χ2n) is 5.14. The molecule has 1 heterocycles. The van der Waals surface area contributed by atoms with E-state index in [0.717, 1.165) is 5.69 Å². The number of nitrogens with two attached hydrogens (primary N) is 1. The van der Waals surface area contributed by atoms with E-state index in [1.807, 2.05) is 6.07 Å². The number of fused-ring (bicyclic) bond motifs is 1. The SMILES string of the molecule is COc1cc2c(Oc3ccc(F)cc3Br)ncnc2cc1NCCN. The molecule has 0 amide bonds. The topological polar surface area (TPSA) is 82.3 Å². The van der Waals surface area contributed by atoms with E-state index in [1.165, 1.54) is 24.5 Å². The molecule has 0 aliphatic rings. The summed E-state index contributed by atoms with van der Waals surface area (Å²) in [6.07, 6.45) is 1.41. The van der Waals surface area contributed by atoms with E-state index in [1.54, 1.807) is 13.2 Å². The van der Waals surface area contributed by atoms with E-state index in [9.17, 15) is 4.39 Å². The number of anilines is 1. The maximum absolute atomic E-state index is 13.2. The molecular weight excluding hydrogens is 391 g/mol. The number of benzene rings is 2. The Morgan fingerprint density at radius 2 is 2.04 bits per heavy atom. The van der Waals surface area contributed by atoms with Crippen LogP contribution in [0.2, 0.25) is 0 Å². The van der Waals surface area contributed by atoms with Crippen LogP contribution in [0.15, 0.2) is 41.1 Å². The Morgan fingerprint density at radius 3 is 2.76 bits per heavy atom. The second kappa shape index (κ2) is 7.62. The van der Waals surface area contributed by atoms with Crippen LogP contribution in [0.1, 0.15) is 0 Å². The third kappa shape index (κ3) is 3.80. The monoisotopic (exact) mass is 406 g/mol. The molecule has 0 aliphatic heterocycles. The van der Waals surface area contributed by atoms with Crippen molar-refractivity contribution in [1.82, 2.24) is 9.97 Å². The third-order valence-corrected chi connectivity index (χ3v) is 4.10. The minimum absolute atomic E-state index is 0.348. The van der Waals surface area contributed by atoms with Gasteiger partial charge in [-0.25, -0.2) is 14.4 Å². The number of nitrogens with one attached hydrogen (secondary N) is 1. The third-order valence-electron chi connectivity index (χ3n) is 3.48. The minimum Gasteiger partial charge on any atom is -0.495 e. The molecule has 3 aromatic rings. The summed E-state index contributed by atoms with van der Waals surface area (Å²) in [5.41, 5.74) is 7.00. The van der Waals surface area contributed by atoms with Crippen LogP contribution in [0.4, 0.5) is 10.1 Å². The molecule has 0 spiro atoms. The molecule has 0 atom stereocenters. The van der Waals surface area contributed by atoms with E-state index < -0.39 is 0 Å². The molecule has 0 saturated heterocycles. The average Bonchev–Trinajstić information content (AvgIpc) is 2.61. The van der Waals surface area contributed by atoms with Crippen molar-refractivity contribution in [3.8, 4) is 17.4 Å². The molecule has 2 aromatic carbocycles. The number of hydrogen-bond donors (Lipinski definition) is 2. The van der Waals surface area contributed by atoms with Crippen molar-refractivity contribution in [1.29, 1.82) is 0 Å². The second-order valence-corrected chi connectivity index (χ2v) is 6.00. The number of halogens is 2. The number of rotatable bonds is 6. The zero-order valence-corrected chi connectivity index (χ0v) is 15.0. The van der Waals surface area contributed by atoms with E-state index in [4.69, 9.17) is 15.2 Å². The van der Waals surface area contributed by atoms with Crippen LogP contribution in [0.3, 0.4) is 0 Å². The highest BCUT2D eigenvalue weighted by atomic mass is 79.9. The van der Waals surface area contributed by atoms with Gasteiger partial charge in [-0.1, -0.05) is 0 Å². The minimum atomic E-state index is -0.357. The number of ether oxygens (including phenoxy) is 2. The van der Waals surface area contributed by atoms with Gasteiger partial charge in [0.05, 0.1) is 28.2 Å². The van der Waals surface area contributed by atoms with Gasteiger partial charge in [0.2, 0.25) is 5.88 Å². The molecule has 0 radical (unpaired) electrons. The first-order valence-electron chi connectivity index (χ1n) is 7.52. The lowest BCUT2D eigenvalue weighted by Crippen LogP contribution is -2.13. The Hall–Kier alpha value is -2.45. The molecule has 3 N–H and O–H groups in total. The Kier molecular flexibility index (Phi) is 5.30. The fourth-order valence-electron chi connectivity index (χ4n) is 2.32. The molecule has 1 aromatic heterocycles. The Balaban J connectivity index is 2.03. The van der Waals surface area contributed by atoms with Crippen LogP contribution in [-0.2, 0) is 0 Å². The predicted octanol–water partition coefficient (Wildman–Crippen LogP) is 3.70. The summed E-state index contributed by atoms with van der Waals surface area (Å²) in [5.74, 6) is 1.06. The molecule has 0 fully saturated rings. The first kappa shape index (κ1) is 17.4. The lowest BCUT2D eigenvalue weighted by atomic mass is 10.2. The smallest absolute Gasteiger partial charge is 0.230 e. The molecule has 130 valence electrons. The number of nitrogens with zero attached hydrogens (tertiary/aromatic N) is 2. The van der Waals surface area contributed by atoms with E-state index in [0.29, 0.717) is 45.8 Å². The molecular formula is C17H16BrFN4O2. The van der Waals surface area contributed by atoms with Gasteiger partial charge in [0, 0.05) is 13.1 Å². The van der Waals surface area contributed by atoms with E-state index in [-0.39, 0.29) is 5.82 Å². The van der Waals surface area contributed by atoms with Gasteiger partial charge in [-0.2, -0.15) is 0 Å². The summed E-state index contributed by atoms with van der Waals surface area (Å²) in [4.78, 5) is 8.46. The molecule has 0 saturated carbocycles. The van der Waals surface area contributed by atoms with Gasteiger partial charge in [-0.3, -0.25) is 0 Å². The van der Waals surface area contributed by atoms with Crippen molar-refractivity contribution >= 4 is 32.5 Å². The highest BCUT2D eigenvalue weighted by Crippen LogP contribution is 2.36. The zero-order valence-electron chi connectivity index (χ0n) is 13.4. The van der Waals surface area contributed by atoms with Crippen LogP contribution in [0.25, 0.3) is 10.9 Å². The van der Waals surface area contributed by atoms with Gasteiger partial charge in [-0.05, 0) is 46.3 Å². The maximum atomic E-state index is 13.2. The van der Waals surface area contributed by atoms with Gasteiger partial charge in [-0.15, -0.1) is 0 Å². The highest BCUT2D eigenvalue weighted by Gasteiger charge is 2.13. The summed E-state index contributed by atoms with van der Waals surface area (Å²) in [7, 11) is 1.58. The van der Waals surface area contributed by atoms with Gasteiger partial charge in [0.15, 0.2) is 0 Å². The van der Waals surface area contributed by atoms with Gasteiger partial charge < -0.3 is 20.5 Å². The first-order chi connectivity index (χ1) is 12.1. The van der Waals surface area contributed by atoms with Crippen molar-refractivity contribution in [2.75, 3.05) is 25.5 Å². The predicted molar refractivity (Wildman–Crippen MR) is 97.8 cm³/mol. The zero-order chi connectivity index (χ0) is 17.8. The van der Waals surface area contributed by atoms with Gasteiger partial charge >= 0.3 is 0 Å². The Morgan fingerprint density at radius 1 is 1.20 bits per heavy atom. The quantitative estimate of drug-likeness (QED) is 0.649. The average molecular weight is 407 g/mol. The van der Waals surface area contributed by atoms with E-state index >= 15 is 0 Å². The molecule has 8 heteroatoms. The normalized spacial score (nSPS) is 10.7. The summed E-state index contributed by atoms with van der Waals surface area (Å²) in [6.45, 7) is 1.11. The first-order valence-corrected chi connectivity index (χ1v) is 8.31. The lowest BCUT2D eigenvalue weighted by Gasteiger charge is -2.13. The molecule has 3 rings (SSSR count). The van der Waals surface area contributed by atoms with E-state index in [2.05, 4.69) is 31.2 Å². The summed E-state index contributed by atoms with van der Waals surface area (Å²) in [6, 6.07) is 7.81. The van der Waals surface area contributed by atoms with Crippen molar-refractivity contribution in [2.45, 2.75) is 0 Å². The fourth-order valence-corrected chi connectivity index (χ4v) is 2.75. The summed E-state index contributed by atoms with van der Waals surface area (Å²) < 4.78 is 25.0. The number of aromatic nitrogens is 2. The van der Waals surface area contributed by atoms with Crippen LogP contribution in [0.5, 0.6) is 17.4 Å². The molecule has 6 nitrogen and oxygen atoms in total. The van der Waals surface area contributed by atoms with Crippen molar-refractivity contribution in [3.63, 3.8) is 0 Å². The lowest BCUT2D eigenvalue weighted by molar-refractivity contribution is 0.416. The molecule has 0 bridgehead atoms. The van der Waals surface area contributed by atoms with Crippen LogP contribution < -0.4 is 20.5 Å². The highest BCUT2D eigenvalue weighted by molar-refractivity contribution is 9.10. The standard InChI is InChI=1S/C17H16BrFN4O2/c1-24-16-7-11-13(8-14(16)21-5-4-20)22-9-23-17(11)25-15-3-2-10(19)6-12(15)18/h2-3,6-9,21H,4-5,20H2,1H3. The molecule has 0 aliphatic carbocycles. The Bertz CT molecular complexity index is 907. The van der Waals surface area contributed by atoms with Gasteiger partial charge in [0.1, 0.15) is 23.6 Å². The van der Waals surface area contributed by atoms with Crippen LogP contribution in [-0.4, -0.2) is 30.2 Å². The van der Waals surface area contributed by atoms with Crippen molar-refractivity contribution in [3.05, 3.63) is 46.9 Å². The van der Waals surface area contributed by atoms with Gasteiger partial charge in [0.25, 0.3) is 0 Å². The Labute approximate surface area is 152 Å². The van der Waals surface area contributed by atoms with Crippen molar-refractivity contribution < 1.29 is 13.9 Å². The summed E-state index contributed by atoms with van der Waals surface area (Å²) in [5, 5.41) is 3.86. The fraction of sp³-hybridized carbons (Fsp3) is 0.176. The summed E-state index contributed by atoms with van der Waals surface area (Å²) >= 11 is 3.28.